The molecular formula is C16H11ClN4O. The van der Waals surface area contributed by atoms with Crippen molar-refractivity contribution in [2.75, 3.05) is 0 Å². The number of benzene rings is 1. The third kappa shape index (κ3) is 2.07. The van der Waals surface area contributed by atoms with E-state index in [1.165, 1.54) is 0 Å². The summed E-state index contributed by atoms with van der Waals surface area (Å²) in [6.07, 6.45) is 3.55. The van der Waals surface area contributed by atoms with Crippen molar-refractivity contribution in [3.05, 3.63) is 59.6 Å². The lowest BCUT2D eigenvalue weighted by Crippen LogP contribution is -1.94. The van der Waals surface area contributed by atoms with E-state index in [0.29, 0.717) is 16.5 Å². The summed E-state index contributed by atoms with van der Waals surface area (Å²) in [6, 6.07) is 11.2. The fourth-order valence-corrected chi connectivity index (χ4v) is 2.49. The molecule has 108 valence electrons. The Morgan fingerprint density at radius 2 is 1.91 bits per heavy atom. The fourth-order valence-electron chi connectivity index (χ4n) is 2.36. The normalized spacial score (nSPS) is 11.2. The molecule has 0 aliphatic carbocycles. The van der Waals surface area contributed by atoms with Crippen LogP contribution in [0.25, 0.3) is 28.0 Å². The Morgan fingerprint density at radius 3 is 2.64 bits per heavy atom. The number of hydrogen-bond donors (Lipinski definition) is 0. The zero-order valence-corrected chi connectivity index (χ0v) is 12.4. The molecule has 0 saturated heterocycles. The predicted molar refractivity (Wildman–Crippen MR) is 84.1 cm³/mol. The number of nitrogens with zero attached hydrogens (tertiary/aromatic N) is 4. The second-order valence-corrected chi connectivity index (χ2v) is 5.36. The van der Waals surface area contributed by atoms with Gasteiger partial charge in [-0.05, 0) is 43.3 Å². The van der Waals surface area contributed by atoms with Crippen LogP contribution in [0.5, 0.6) is 0 Å². The SMILES string of the molecule is Cc1nnc(-c2ccco2)c2cn(-c3ccc(Cl)cc3)nc12. The Labute approximate surface area is 131 Å². The van der Waals surface area contributed by atoms with E-state index in [1.807, 2.05) is 49.5 Å². The quantitative estimate of drug-likeness (QED) is 0.561. The number of fused-ring (bicyclic) bond motifs is 1. The van der Waals surface area contributed by atoms with Crippen molar-refractivity contribution in [3.8, 4) is 17.1 Å². The summed E-state index contributed by atoms with van der Waals surface area (Å²) in [6.45, 7) is 1.89. The van der Waals surface area contributed by atoms with Crippen molar-refractivity contribution in [1.82, 2.24) is 20.0 Å². The number of halogens is 1. The second kappa shape index (κ2) is 4.96. The van der Waals surface area contributed by atoms with Gasteiger partial charge in [-0.3, -0.25) is 0 Å². The van der Waals surface area contributed by atoms with Gasteiger partial charge >= 0.3 is 0 Å². The summed E-state index contributed by atoms with van der Waals surface area (Å²) in [7, 11) is 0. The zero-order valence-electron chi connectivity index (χ0n) is 11.7. The third-order valence-electron chi connectivity index (χ3n) is 3.46. The highest BCUT2D eigenvalue weighted by Crippen LogP contribution is 2.28. The molecule has 3 aromatic heterocycles. The monoisotopic (exact) mass is 310 g/mol. The molecule has 22 heavy (non-hydrogen) atoms. The number of hydrogen-bond acceptors (Lipinski definition) is 4. The highest BCUT2D eigenvalue weighted by atomic mass is 35.5. The van der Waals surface area contributed by atoms with E-state index in [1.54, 1.807) is 10.9 Å². The average molecular weight is 311 g/mol. The summed E-state index contributed by atoms with van der Waals surface area (Å²) in [5, 5.41) is 14.6. The van der Waals surface area contributed by atoms with E-state index >= 15 is 0 Å². The van der Waals surface area contributed by atoms with Gasteiger partial charge in [-0.25, -0.2) is 4.68 Å². The van der Waals surface area contributed by atoms with Gasteiger partial charge in [-0.2, -0.15) is 10.2 Å². The summed E-state index contributed by atoms with van der Waals surface area (Å²) in [5.41, 5.74) is 3.19. The first-order valence-corrected chi connectivity index (χ1v) is 7.12. The molecule has 0 saturated carbocycles. The Hall–Kier alpha value is -2.66. The van der Waals surface area contributed by atoms with Crippen molar-refractivity contribution in [2.45, 2.75) is 6.92 Å². The van der Waals surface area contributed by atoms with Crippen molar-refractivity contribution < 1.29 is 4.42 Å². The molecule has 0 aliphatic rings. The topological polar surface area (TPSA) is 56.7 Å². The number of rotatable bonds is 2. The Balaban J connectivity index is 1.95. The van der Waals surface area contributed by atoms with E-state index < -0.39 is 0 Å². The molecule has 0 atom stereocenters. The molecule has 5 nitrogen and oxygen atoms in total. The number of aromatic nitrogens is 4. The van der Waals surface area contributed by atoms with Gasteiger partial charge in [0.05, 0.1) is 23.0 Å². The zero-order chi connectivity index (χ0) is 15.1. The van der Waals surface area contributed by atoms with Gasteiger partial charge in [0.1, 0.15) is 11.2 Å². The van der Waals surface area contributed by atoms with Crippen molar-refractivity contribution in [3.63, 3.8) is 0 Å². The lowest BCUT2D eigenvalue weighted by Gasteiger charge is -1.99. The minimum absolute atomic E-state index is 0.674. The molecule has 3 heterocycles. The van der Waals surface area contributed by atoms with Crippen molar-refractivity contribution >= 4 is 22.5 Å². The van der Waals surface area contributed by atoms with Crippen LogP contribution in [0.15, 0.2) is 53.3 Å². The molecule has 4 rings (SSSR count). The largest absolute Gasteiger partial charge is 0.463 e. The van der Waals surface area contributed by atoms with Crippen LogP contribution in [0, 0.1) is 6.92 Å². The van der Waals surface area contributed by atoms with Gasteiger partial charge in [0.15, 0.2) is 5.76 Å². The molecule has 4 aromatic rings. The predicted octanol–water partition coefficient (Wildman–Crippen LogP) is 4.04. The second-order valence-electron chi connectivity index (χ2n) is 4.92. The van der Waals surface area contributed by atoms with Gasteiger partial charge in [-0.1, -0.05) is 11.6 Å². The number of furan rings is 1. The summed E-state index contributed by atoms with van der Waals surface area (Å²) >= 11 is 5.93. The highest BCUT2D eigenvalue weighted by molar-refractivity contribution is 6.30. The van der Waals surface area contributed by atoms with E-state index in [-0.39, 0.29) is 0 Å². The van der Waals surface area contributed by atoms with Gasteiger partial charge < -0.3 is 4.42 Å². The molecule has 0 radical (unpaired) electrons. The fraction of sp³-hybridized carbons (Fsp3) is 0.0625. The first-order chi connectivity index (χ1) is 10.7. The molecule has 1 aromatic carbocycles. The Morgan fingerprint density at radius 1 is 1.09 bits per heavy atom. The van der Waals surface area contributed by atoms with Crippen LogP contribution < -0.4 is 0 Å². The van der Waals surface area contributed by atoms with Gasteiger partial charge in [0, 0.05) is 11.2 Å². The van der Waals surface area contributed by atoms with E-state index in [9.17, 15) is 0 Å². The van der Waals surface area contributed by atoms with Crippen LogP contribution in [0.2, 0.25) is 5.02 Å². The standard InChI is InChI=1S/C16H11ClN4O/c1-10-15-13(16(19-18-10)14-3-2-8-22-14)9-21(20-15)12-6-4-11(17)5-7-12/h2-9H,1H3. The lowest BCUT2D eigenvalue weighted by molar-refractivity contribution is 0.579. The number of aryl methyl sites for hydroxylation is 1. The average Bonchev–Trinajstić information content (AvgIpc) is 3.18. The van der Waals surface area contributed by atoms with Gasteiger partial charge in [0.25, 0.3) is 0 Å². The van der Waals surface area contributed by atoms with Crippen LogP contribution in [0.4, 0.5) is 0 Å². The first-order valence-electron chi connectivity index (χ1n) is 6.75. The van der Waals surface area contributed by atoms with Crippen LogP contribution >= 0.6 is 11.6 Å². The molecule has 0 unspecified atom stereocenters. The molecule has 0 N–H and O–H groups in total. The van der Waals surface area contributed by atoms with Gasteiger partial charge in [0.2, 0.25) is 0 Å². The molecule has 0 spiro atoms. The molecule has 0 aliphatic heterocycles. The van der Waals surface area contributed by atoms with Crippen LogP contribution in [0.3, 0.4) is 0 Å². The smallest absolute Gasteiger partial charge is 0.154 e. The van der Waals surface area contributed by atoms with Crippen LogP contribution in [-0.2, 0) is 0 Å². The van der Waals surface area contributed by atoms with Crippen LogP contribution in [-0.4, -0.2) is 20.0 Å². The maximum absolute atomic E-state index is 5.93. The minimum Gasteiger partial charge on any atom is -0.463 e. The molecule has 6 heteroatoms. The maximum atomic E-state index is 5.93. The summed E-state index contributed by atoms with van der Waals surface area (Å²) in [5.74, 6) is 0.674. The lowest BCUT2D eigenvalue weighted by atomic mass is 10.2. The van der Waals surface area contributed by atoms with Crippen molar-refractivity contribution in [2.24, 2.45) is 0 Å². The Kier molecular flexibility index (Phi) is 2.94. The summed E-state index contributed by atoms with van der Waals surface area (Å²) in [4.78, 5) is 0. The molecule has 0 bridgehead atoms. The Bertz CT molecular complexity index is 942. The highest BCUT2D eigenvalue weighted by Gasteiger charge is 2.15. The molecular weight excluding hydrogens is 300 g/mol. The van der Waals surface area contributed by atoms with Crippen LogP contribution in [0.1, 0.15) is 5.69 Å². The molecule has 0 amide bonds. The van der Waals surface area contributed by atoms with Crippen molar-refractivity contribution in [1.29, 1.82) is 0 Å². The van der Waals surface area contributed by atoms with Gasteiger partial charge in [-0.15, -0.1) is 5.10 Å². The maximum Gasteiger partial charge on any atom is 0.154 e. The van der Waals surface area contributed by atoms with E-state index in [0.717, 1.165) is 22.3 Å². The third-order valence-corrected chi connectivity index (χ3v) is 3.71. The summed E-state index contributed by atoms with van der Waals surface area (Å²) < 4.78 is 7.24. The molecule has 0 fully saturated rings. The first kappa shape index (κ1) is 13.0. The van der Waals surface area contributed by atoms with E-state index in [4.69, 9.17) is 16.0 Å². The minimum atomic E-state index is 0.674. The van der Waals surface area contributed by atoms with E-state index in [2.05, 4.69) is 15.3 Å².